The van der Waals surface area contributed by atoms with Crippen molar-refractivity contribution in [2.45, 2.75) is 51.9 Å². The van der Waals surface area contributed by atoms with Crippen LogP contribution in [0.3, 0.4) is 0 Å². The lowest BCUT2D eigenvalue weighted by molar-refractivity contribution is 0.219. The van der Waals surface area contributed by atoms with Crippen LogP contribution in [0.4, 0.5) is 0 Å². The summed E-state index contributed by atoms with van der Waals surface area (Å²) in [5, 5.41) is 8.90. The normalized spacial score (nSPS) is 23.0. The van der Waals surface area contributed by atoms with Gasteiger partial charge in [0.15, 0.2) is 0 Å². The second-order valence-corrected chi connectivity index (χ2v) is 5.99. The van der Waals surface area contributed by atoms with Gasteiger partial charge in [-0.3, -0.25) is 0 Å². The van der Waals surface area contributed by atoms with Gasteiger partial charge in [0.25, 0.3) is 0 Å². The first-order valence-corrected chi connectivity index (χ1v) is 6.57. The molecule has 0 heterocycles. The minimum Gasteiger partial charge on any atom is -0.198 e. The van der Waals surface area contributed by atoms with Gasteiger partial charge < -0.3 is 0 Å². The van der Waals surface area contributed by atoms with E-state index in [0.717, 1.165) is 0 Å². The molecule has 1 atom stereocenters. The van der Waals surface area contributed by atoms with Crippen molar-refractivity contribution in [3.63, 3.8) is 0 Å². The molecule has 1 heteroatoms. The molecule has 0 spiro atoms. The van der Waals surface area contributed by atoms with E-state index in [9.17, 15) is 0 Å². The molecule has 0 aromatic heterocycles. The summed E-state index contributed by atoms with van der Waals surface area (Å²) in [7, 11) is 0. The summed E-state index contributed by atoms with van der Waals surface area (Å²) >= 11 is 0. The summed E-state index contributed by atoms with van der Waals surface area (Å²) in [4.78, 5) is 0. The van der Waals surface area contributed by atoms with E-state index in [1.807, 2.05) is 6.07 Å². The van der Waals surface area contributed by atoms with Gasteiger partial charge in [-0.1, -0.05) is 44.5 Å². The molecule has 17 heavy (non-hydrogen) atoms. The largest absolute Gasteiger partial charge is 0.198 e. The van der Waals surface area contributed by atoms with Gasteiger partial charge in [-0.2, -0.15) is 5.26 Å². The highest BCUT2D eigenvalue weighted by Crippen LogP contribution is 2.44. The molecular weight excluding hydrogens is 206 g/mol. The molecule has 0 saturated heterocycles. The Bertz CT molecular complexity index is 425. The molecule has 1 aromatic carbocycles. The maximum Gasteiger partial charge on any atom is 0.0669 e. The highest BCUT2D eigenvalue weighted by Gasteiger charge is 2.29. The topological polar surface area (TPSA) is 23.8 Å². The molecule has 1 fully saturated rings. The molecule has 90 valence electrons. The van der Waals surface area contributed by atoms with Gasteiger partial charge in [0, 0.05) is 0 Å². The van der Waals surface area contributed by atoms with Crippen molar-refractivity contribution in [3.8, 4) is 6.07 Å². The Kier molecular flexibility index (Phi) is 3.52. The van der Waals surface area contributed by atoms with Crippen LogP contribution in [0, 0.1) is 16.7 Å². The minimum absolute atomic E-state index is 0.461. The number of nitriles is 1. The highest BCUT2D eigenvalue weighted by molar-refractivity contribution is 5.33. The second-order valence-electron chi connectivity index (χ2n) is 5.99. The first kappa shape index (κ1) is 12.2. The molecule has 0 N–H and O–H groups in total. The van der Waals surface area contributed by atoms with Crippen molar-refractivity contribution in [3.05, 3.63) is 35.4 Å². The third kappa shape index (κ3) is 2.88. The van der Waals surface area contributed by atoms with Crippen molar-refractivity contribution in [2.24, 2.45) is 5.41 Å². The fourth-order valence-electron chi connectivity index (χ4n) is 3.14. The van der Waals surface area contributed by atoms with Gasteiger partial charge in [-0.25, -0.2) is 0 Å². The van der Waals surface area contributed by atoms with Crippen LogP contribution in [0.2, 0.25) is 0 Å². The van der Waals surface area contributed by atoms with Gasteiger partial charge >= 0.3 is 0 Å². The van der Waals surface area contributed by atoms with Crippen LogP contribution in [0.25, 0.3) is 0 Å². The fraction of sp³-hybridized carbons (Fsp3) is 0.562. The van der Waals surface area contributed by atoms with Crippen LogP contribution in [0.1, 0.15) is 56.6 Å². The van der Waals surface area contributed by atoms with E-state index in [2.05, 4.69) is 38.1 Å². The summed E-state index contributed by atoms with van der Waals surface area (Å²) in [5.74, 6) is 0.656. The summed E-state index contributed by atoms with van der Waals surface area (Å²) in [6, 6.07) is 10.8. The van der Waals surface area contributed by atoms with Crippen LogP contribution in [-0.2, 0) is 6.42 Å². The van der Waals surface area contributed by atoms with E-state index >= 15 is 0 Å². The first-order valence-electron chi connectivity index (χ1n) is 6.57. The SMILES string of the molecule is CC1(C)CCCC(c2ccccc2CC#N)C1. The molecule has 0 amide bonds. The van der Waals surface area contributed by atoms with Gasteiger partial charge in [0.2, 0.25) is 0 Å². The van der Waals surface area contributed by atoms with Crippen LogP contribution in [0.5, 0.6) is 0 Å². The van der Waals surface area contributed by atoms with E-state index in [1.165, 1.54) is 36.8 Å². The van der Waals surface area contributed by atoms with E-state index in [-0.39, 0.29) is 0 Å². The van der Waals surface area contributed by atoms with Gasteiger partial charge in [-0.05, 0) is 41.7 Å². The van der Waals surface area contributed by atoms with Crippen LogP contribution in [-0.4, -0.2) is 0 Å². The summed E-state index contributed by atoms with van der Waals surface area (Å²) in [6.45, 7) is 4.73. The fourth-order valence-corrected chi connectivity index (χ4v) is 3.14. The second kappa shape index (κ2) is 4.92. The molecule has 0 aliphatic heterocycles. The van der Waals surface area contributed by atoms with Crippen molar-refractivity contribution in [2.75, 3.05) is 0 Å². The first-order chi connectivity index (χ1) is 8.12. The molecule has 1 aliphatic rings. The zero-order chi connectivity index (χ0) is 12.3. The maximum atomic E-state index is 8.90. The number of hydrogen-bond donors (Lipinski definition) is 0. The molecule has 1 aromatic rings. The minimum atomic E-state index is 0.461. The van der Waals surface area contributed by atoms with E-state index in [4.69, 9.17) is 5.26 Å². The zero-order valence-electron chi connectivity index (χ0n) is 10.9. The highest BCUT2D eigenvalue weighted by atomic mass is 14.3. The summed E-state index contributed by atoms with van der Waals surface area (Å²) in [5.41, 5.74) is 3.11. The standard InChI is InChI=1S/C16H21N/c1-16(2)10-5-7-14(12-16)15-8-4-3-6-13(15)9-11-17/h3-4,6,8,14H,5,7,9-10,12H2,1-2H3. The van der Waals surface area contributed by atoms with Crippen LogP contribution in [0.15, 0.2) is 24.3 Å². The Labute approximate surface area is 104 Å². The molecule has 1 aliphatic carbocycles. The van der Waals surface area contributed by atoms with E-state index < -0.39 is 0 Å². The monoisotopic (exact) mass is 227 g/mol. The van der Waals surface area contributed by atoms with Crippen molar-refractivity contribution in [1.29, 1.82) is 5.26 Å². The molecule has 1 saturated carbocycles. The number of nitrogens with zero attached hydrogens (tertiary/aromatic N) is 1. The predicted octanol–water partition coefficient (Wildman–Crippen LogP) is 4.44. The maximum absolute atomic E-state index is 8.90. The quantitative estimate of drug-likeness (QED) is 0.733. The smallest absolute Gasteiger partial charge is 0.0669 e. The summed E-state index contributed by atoms with van der Waals surface area (Å²) < 4.78 is 0. The lowest BCUT2D eigenvalue weighted by Gasteiger charge is -2.36. The molecular formula is C16H21N. The van der Waals surface area contributed by atoms with Crippen LogP contribution >= 0.6 is 0 Å². The van der Waals surface area contributed by atoms with E-state index in [0.29, 0.717) is 17.8 Å². The predicted molar refractivity (Wildman–Crippen MR) is 70.7 cm³/mol. The van der Waals surface area contributed by atoms with Gasteiger partial charge in [0.1, 0.15) is 0 Å². The van der Waals surface area contributed by atoms with Crippen molar-refractivity contribution in [1.82, 2.24) is 0 Å². The zero-order valence-corrected chi connectivity index (χ0v) is 10.9. The third-order valence-electron chi connectivity index (χ3n) is 3.97. The van der Waals surface area contributed by atoms with Gasteiger partial charge in [-0.15, -0.1) is 0 Å². The molecule has 0 radical (unpaired) electrons. The third-order valence-corrected chi connectivity index (χ3v) is 3.97. The molecule has 1 nitrogen and oxygen atoms in total. The number of hydrogen-bond acceptors (Lipinski definition) is 1. The summed E-state index contributed by atoms with van der Waals surface area (Å²) in [6.07, 6.45) is 5.75. The molecule has 2 rings (SSSR count). The lowest BCUT2D eigenvalue weighted by Crippen LogP contribution is -2.22. The van der Waals surface area contributed by atoms with Crippen LogP contribution < -0.4 is 0 Å². The average molecular weight is 227 g/mol. The Morgan fingerprint density at radius 1 is 1.35 bits per heavy atom. The Morgan fingerprint density at radius 3 is 2.82 bits per heavy atom. The Hall–Kier alpha value is -1.29. The Balaban J connectivity index is 2.25. The lowest BCUT2D eigenvalue weighted by atomic mass is 9.69. The molecule has 0 bridgehead atoms. The van der Waals surface area contributed by atoms with Crippen molar-refractivity contribution < 1.29 is 0 Å². The number of benzene rings is 1. The average Bonchev–Trinajstić information content (AvgIpc) is 2.29. The van der Waals surface area contributed by atoms with Crippen molar-refractivity contribution >= 4 is 0 Å². The Morgan fingerprint density at radius 2 is 2.12 bits per heavy atom. The molecule has 1 unspecified atom stereocenters. The number of rotatable bonds is 2. The van der Waals surface area contributed by atoms with E-state index in [1.54, 1.807) is 0 Å². The van der Waals surface area contributed by atoms with Gasteiger partial charge in [0.05, 0.1) is 12.5 Å².